The van der Waals surface area contributed by atoms with Crippen molar-refractivity contribution >= 4 is 17.4 Å². The van der Waals surface area contributed by atoms with E-state index in [-0.39, 0.29) is 11.1 Å². The first-order chi connectivity index (χ1) is 9.49. The lowest BCUT2D eigenvalue weighted by Gasteiger charge is -2.13. The molecule has 1 aliphatic rings. The Morgan fingerprint density at radius 1 is 1.40 bits per heavy atom. The van der Waals surface area contributed by atoms with Gasteiger partial charge in [0, 0.05) is 17.5 Å². The molecule has 0 bridgehead atoms. The van der Waals surface area contributed by atoms with Crippen LogP contribution in [0.5, 0.6) is 0 Å². The third-order valence-electron chi connectivity index (χ3n) is 3.63. The number of nitrogens with two attached hydrogens (primary N) is 1. The maximum atomic E-state index is 13.6. The van der Waals surface area contributed by atoms with Crippen LogP contribution in [-0.4, -0.2) is 9.55 Å². The summed E-state index contributed by atoms with van der Waals surface area (Å²) < 4.78 is 15.7. The fraction of sp³-hybridized carbons (Fsp3) is 0.400. The molecule has 1 heterocycles. The Bertz CT molecular complexity index is 659. The van der Waals surface area contributed by atoms with Crippen molar-refractivity contribution in [1.82, 2.24) is 9.55 Å². The molecular weight excluding hydrogens is 277 g/mol. The highest BCUT2D eigenvalue weighted by Gasteiger charge is 2.31. The molecule has 0 aliphatic heterocycles. The normalized spacial score (nSPS) is 15.1. The van der Waals surface area contributed by atoms with Crippen LogP contribution in [-0.2, 0) is 0 Å². The summed E-state index contributed by atoms with van der Waals surface area (Å²) in [4.78, 5) is 4.66. The average molecular weight is 294 g/mol. The van der Waals surface area contributed by atoms with Crippen LogP contribution in [0.4, 0.5) is 10.2 Å². The molecule has 1 fully saturated rings. The molecule has 3 nitrogen and oxygen atoms in total. The van der Waals surface area contributed by atoms with E-state index in [4.69, 9.17) is 17.3 Å². The first-order valence-corrected chi connectivity index (χ1v) is 7.20. The number of benzene rings is 1. The maximum absolute atomic E-state index is 13.6. The zero-order valence-electron chi connectivity index (χ0n) is 11.5. The van der Waals surface area contributed by atoms with Crippen molar-refractivity contribution in [2.75, 3.05) is 5.73 Å². The van der Waals surface area contributed by atoms with Crippen molar-refractivity contribution in [1.29, 1.82) is 0 Å². The van der Waals surface area contributed by atoms with Crippen LogP contribution in [0.3, 0.4) is 0 Å². The number of anilines is 1. The summed E-state index contributed by atoms with van der Waals surface area (Å²) in [5.41, 5.74) is 7.56. The predicted molar refractivity (Wildman–Crippen MR) is 79.4 cm³/mol. The Morgan fingerprint density at radius 3 is 2.65 bits per heavy atom. The van der Waals surface area contributed by atoms with Crippen LogP contribution in [0, 0.1) is 5.82 Å². The minimum Gasteiger partial charge on any atom is -0.383 e. The fourth-order valence-corrected chi connectivity index (χ4v) is 2.61. The van der Waals surface area contributed by atoms with Gasteiger partial charge in [-0.2, -0.15) is 0 Å². The van der Waals surface area contributed by atoms with Crippen molar-refractivity contribution in [2.45, 2.75) is 38.6 Å². The topological polar surface area (TPSA) is 43.8 Å². The largest absolute Gasteiger partial charge is 0.383 e. The van der Waals surface area contributed by atoms with Crippen LogP contribution in [0.25, 0.3) is 11.3 Å². The standard InChI is InChI=1S/C15H17ClFN3/c1-8(2)20-14(18)13(19-15(20)9-3-4-9)10-5-6-11(16)12(17)7-10/h5-9H,3-4,18H2,1-2H3. The zero-order valence-corrected chi connectivity index (χ0v) is 12.3. The molecule has 3 rings (SSSR count). The number of aromatic nitrogens is 2. The highest BCUT2D eigenvalue weighted by atomic mass is 35.5. The monoisotopic (exact) mass is 293 g/mol. The van der Waals surface area contributed by atoms with Crippen LogP contribution in [0.15, 0.2) is 18.2 Å². The van der Waals surface area contributed by atoms with Crippen LogP contribution < -0.4 is 5.73 Å². The lowest BCUT2D eigenvalue weighted by molar-refractivity contribution is 0.576. The van der Waals surface area contributed by atoms with Crippen molar-refractivity contribution in [2.24, 2.45) is 0 Å². The SMILES string of the molecule is CC(C)n1c(C2CC2)nc(-c2ccc(Cl)c(F)c2)c1N. The van der Waals surface area contributed by atoms with E-state index in [1.807, 2.05) is 0 Å². The number of nitrogen functional groups attached to an aromatic ring is 1. The Labute approximate surface area is 122 Å². The minimum atomic E-state index is -0.448. The van der Waals surface area contributed by atoms with Gasteiger partial charge < -0.3 is 10.3 Å². The van der Waals surface area contributed by atoms with Gasteiger partial charge in [0.25, 0.3) is 0 Å². The molecule has 0 unspecified atom stereocenters. The van der Waals surface area contributed by atoms with E-state index in [9.17, 15) is 4.39 Å². The van der Waals surface area contributed by atoms with Gasteiger partial charge in [-0.1, -0.05) is 17.7 Å². The lowest BCUT2D eigenvalue weighted by Crippen LogP contribution is -2.08. The van der Waals surface area contributed by atoms with Gasteiger partial charge in [0.05, 0.1) is 5.02 Å². The van der Waals surface area contributed by atoms with Crippen molar-refractivity contribution < 1.29 is 4.39 Å². The van der Waals surface area contributed by atoms with Gasteiger partial charge >= 0.3 is 0 Å². The van der Waals surface area contributed by atoms with E-state index in [2.05, 4.69) is 23.4 Å². The van der Waals surface area contributed by atoms with Gasteiger partial charge in [0.15, 0.2) is 0 Å². The first-order valence-electron chi connectivity index (χ1n) is 6.82. The second kappa shape index (κ2) is 4.77. The first kappa shape index (κ1) is 13.4. The zero-order chi connectivity index (χ0) is 14.4. The summed E-state index contributed by atoms with van der Waals surface area (Å²) in [6, 6.07) is 4.93. The van der Waals surface area contributed by atoms with E-state index >= 15 is 0 Å². The number of imidazole rings is 1. The van der Waals surface area contributed by atoms with Gasteiger partial charge in [0.2, 0.25) is 0 Å². The smallest absolute Gasteiger partial charge is 0.142 e. The van der Waals surface area contributed by atoms with Gasteiger partial charge in [-0.25, -0.2) is 9.37 Å². The molecule has 106 valence electrons. The molecule has 1 aromatic carbocycles. The molecule has 1 aliphatic carbocycles. The molecular formula is C15H17ClFN3. The lowest BCUT2D eigenvalue weighted by atomic mass is 10.1. The predicted octanol–water partition coefficient (Wildman–Crippen LogP) is 4.38. The van der Waals surface area contributed by atoms with Gasteiger partial charge in [-0.05, 0) is 38.8 Å². The van der Waals surface area contributed by atoms with E-state index in [1.54, 1.807) is 6.07 Å². The van der Waals surface area contributed by atoms with Crippen LogP contribution in [0.2, 0.25) is 5.02 Å². The Hall–Kier alpha value is -1.55. The second-order valence-corrected chi connectivity index (χ2v) is 5.98. The van der Waals surface area contributed by atoms with Gasteiger partial charge in [-0.3, -0.25) is 0 Å². The molecule has 0 spiro atoms. The van der Waals surface area contributed by atoms with E-state index in [0.717, 1.165) is 18.7 Å². The van der Waals surface area contributed by atoms with E-state index < -0.39 is 5.82 Å². The fourth-order valence-electron chi connectivity index (χ4n) is 2.49. The van der Waals surface area contributed by atoms with Gasteiger partial charge in [-0.15, -0.1) is 0 Å². The molecule has 2 aromatic rings. The minimum absolute atomic E-state index is 0.109. The molecule has 0 radical (unpaired) electrons. The molecule has 0 amide bonds. The van der Waals surface area contributed by atoms with Crippen molar-refractivity contribution in [3.05, 3.63) is 34.9 Å². The highest BCUT2D eigenvalue weighted by Crippen LogP contribution is 2.43. The van der Waals surface area contributed by atoms with E-state index in [1.165, 1.54) is 12.1 Å². The molecule has 2 N–H and O–H groups in total. The number of rotatable bonds is 3. The highest BCUT2D eigenvalue weighted by molar-refractivity contribution is 6.30. The quantitative estimate of drug-likeness (QED) is 0.912. The second-order valence-electron chi connectivity index (χ2n) is 5.57. The Balaban J connectivity index is 2.13. The summed E-state index contributed by atoms with van der Waals surface area (Å²) in [6.45, 7) is 4.16. The molecule has 20 heavy (non-hydrogen) atoms. The number of nitrogens with zero attached hydrogens (tertiary/aromatic N) is 2. The maximum Gasteiger partial charge on any atom is 0.142 e. The summed E-state index contributed by atoms with van der Waals surface area (Å²) in [6.07, 6.45) is 2.30. The summed E-state index contributed by atoms with van der Waals surface area (Å²) in [7, 11) is 0. The van der Waals surface area contributed by atoms with Gasteiger partial charge in [0.1, 0.15) is 23.2 Å². The van der Waals surface area contributed by atoms with Crippen LogP contribution >= 0.6 is 11.6 Å². The molecule has 0 atom stereocenters. The Morgan fingerprint density at radius 2 is 2.10 bits per heavy atom. The van der Waals surface area contributed by atoms with Crippen molar-refractivity contribution in [3.63, 3.8) is 0 Å². The Kier molecular flexibility index (Phi) is 3.21. The van der Waals surface area contributed by atoms with E-state index in [0.29, 0.717) is 23.0 Å². The molecule has 0 saturated heterocycles. The summed E-state index contributed by atoms with van der Waals surface area (Å²) in [5.74, 6) is 1.66. The third kappa shape index (κ3) is 2.18. The number of halogens is 2. The van der Waals surface area contributed by atoms with Crippen LogP contribution in [0.1, 0.15) is 44.5 Å². The van der Waals surface area contributed by atoms with Crippen molar-refractivity contribution in [3.8, 4) is 11.3 Å². The summed E-state index contributed by atoms with van der Waals surface area (Å²) in [5, 5.41) is 0.109. The molecule has 1 saturated carbocycles. The third-order valence-corrected chi connectivity index (χ3v) is 3.93. The number of hydrogen-bond acceptors (Lipinski definition) is 2. The summed E-state index contributed by atoms with van der Waals surface area (Å²) >= 11 is 5.72. The number of hydrogen-bond donors (Lipinski definition) is 1. The average Bonchev–Trinajstić information content (AvgIpc) is 3.16. The molecule has 1 aromatic heterocycles. The molecule has 5 heteroatoms.